The summed E-state index contributed by atoms with van der Waals surface area (Å²) in [5.41, 5.74) is 1.28. The van der Waals surface area contributed by atoms with Crippen LogP contribution in [0.2, 0.25) is 0 Å². The number of nitrogens with one attached hydrogen (secondary N) is 1. The number of aromatic nitrogens is 3. The Hall–Kier alpha value is -2.59. The van der Waals surface area contributed by atoms with E-state index in [1.807, 2.05) is 51.1 Å². The number of anilines is 3. The first-order valence-corrected chi connectivity index (χ1v) is 13.0. The van der Waals surface area contributed by atoms with Crippen molar-refractivity contribution >= 4 is 56.2 Å². The Balaban J connectivity index is 1.57. The number of piperazine rings is 1. The highest BCUT2D eigenvalue weighted by Crippen LogP contribution is 2.34. The van der Waals surface area contributed by atoms with Gasteiger partial charge in [0.2, 0.25) is 0 Å². The van der Waals surface area contributed by atoms with E-state index in [9.17, 15) is 4.79 Å². The van der Waals surface area contributed by atoms with Crippen molar-refractivity contribution in [1.82, 2.24) is 19.9 Å². The third kappa shape index (κ3) is 6.05. The first kappa shape index (κ1) is 23.6. The second-order valence-electron chi connectivity index (χ2n) is 8.80. The molecule has 0 radical (unpaired) electrons. The summed E-state index contributed by atoms with van der Waals surface area (Å²) in [5.74, 6) is 1.80. The molecule has 0 unspecified atom stereocenters. The third-order valence-corrected chi connectivity index (χ3v) is 6.83. The molecule has 4 rings (SSSR count). The van der Waals surface area contributed by atoms with Crippen LogP contribution in [0.4, 0.5) is 21.4 Å². The molecule has 1 amide bonds. The standard InChI is InChI=1S/C23H30N6O2S2/c1-5-15-32-20-26-18(28-11-13-29(14-12-28)22(30)31-23(2,3)4)17-19(27-20)33-21(25-17)24-16-9-7-6-8-10-16/h6-10H,5,11-15H2,1-4H3,(H,24,25). The van der Waals surface area contributed by atoms with E-state index in [4.69, 9.17) is 19.7 Å². The molecule has 0 aliphatic carbocycles. The lowest BCUT2D eigenvalue weighted by molar-refractivity contribution is 0.0240. The van der Waals surface area contributed by atoms with Gasteiger partial charge in [-0.25, -0.2) is 19.7 Å². The summed E-state index contributed by atoms with van der Waals surface area (Å²) in [6.07, 6.45) is 0.789. The van der Waals surface area contributed by atoms with Gasteiger partial charge in [0.1, 0.15) is 11.1 Å². The van der Waals surface area contributed by atoms with Crippen LogP contribution in [-0.2, 0) is 4.74 Å². The van der Waals surface area contributed by atoms with Gasteiger partial charge in [-0.3, -0.25) is 0 Å². The molecule has 1 aliphatic rings. The van der Waals surface area contributed by atoms with Crippen molar-refractivity contribution in [1.29, 1.82) is 0 Å². The fourth-order valence-corrected chi connectivity index (χ4v) is 5.00. The van der Waals surface area contributed by atoms with Crippen molar-refractivity contribution < 1.29 is 9.53 Å². The minimum absolute atomic E-state index is 0.266. The van der Waals surface area contributed by atoms with Crippen molar-refractivity contribution in [2.24, 2.45) is 0 Å². The molecule has 8 nitrogen and oxygen atoms in total. The van der Waals surface area contributed by atoms with Crippen LogP contribution in [0.3, 0.4) is 0 Å². The molecule has 2 aromatic heterocycles. The van der Waals surface area contributed by atoms with Crippen molar-refractivity contribution in [3.05, 3.63) is 30.3 Å². The number of benzene rings is 1. The SMILES string of the molecule is CCCSc1nc(N2CCN(C(=O)OC(C)(C)C)CC2)c2nc(Nc3ccccc3)sc2n1. The van der Waals surface area contributed by atoms with Crippen LogP contribution in [0.5, 0.6) is 0 Å². The number of amides is 1. The lowest BCUT2D eigenvalue weighted by Crippen LogP contribution is -2.50. The number of thiazole rings is 1. The van der Waals surface area contributed by atoms with Gasteiger partial charge in [0.15, 0.2) is 20.9 Å². The second kappa shape index (κ2) is 10.1. The zero-order valence-corrected chi connectivity index (χ0v) is 21.1. The summed E-state index contributed by atoms with van der Waals surface area (Å²) in [6, 6.07) is 9.99. The van der Waals surface area contributed by atoms with E-state index in [0.717, 1.165) is 44.3 Å². The van der Waals surface area contributed by atoms with E-state index in [-0.39, 0.29) is 6.09 Å². The van der Waals surface area contributed by atoms with E-state index in [1.54, 1.807) is 16.7 Å². The maximum atomic E-state index is 12.5. The summed E-state index contributed by atoms with van der Waals surface area (Å²) < 4.78 is 5.53. The van der Waals surface area contributed by atoms with Gasteiger partial charge in [-0.1, -0.05) is 48.2 Å². The van der Waals surface area contributed by atoms with Gasteiger partial charge in [0.25, 0.3) is 0 Å². The van der Waals surface area contributed by atoms with Gasteiger partial charge in [0, 0.05) is 37.6 Å². The Morgan fingerprint density at radius 1 is 1.12 bits per heavy atom. The maximum absolute atomic E-state index is 12.5. The quantitative estimate of drug-likeness (QED) is 0.367. The number of para-hydroxylation sites is 1. The van der Waals surface area contributed by atoms with Gasteiger partial charge in [-0.15, -0.1) is 0 Å². The molecular weight excluding hydrogens is 456 g/mol. The zero-order valence-electron chi connectivity index (χ0n) is 19.5. The van der Waals surface area contributed by atoms with Crippen LogP contribution in [-0.4, -0.2) is 63.5 Å². The van der Waals surface area contributed by atoms with E-state index in [2.05, 4.69) is 17.1 Å². The average Bonchev–Trinajstić information content (AvgIpc) is 3.19. The molecule has 1 aromatic carbocycles. The zero-order chi connectivity index (χ0) is 23.4. The van der Waals surface area contributed by atoms with E-state index in [0.29, 0.717) is 26.2 Å². The van der Waals surface area contributed by atoms with E-state index in [1.165, 1.54) is 11.3 Å². The number of carbonyl (C=O) groups excluding carboxylic acids is 1. The molecule has 1 N–H and O–H groups in total. The highest BCUT2D eigenvalue weighted by molar-refractivity contribution is 7.99. The van der Waals surface area contributed by atoms with Crippen LogP contribution in [0, 0.1) is 0 Å². The first-order valence-electron chi connectivity index (χ1n) is 11.2. The molecule has 1 fully saturated rings. The Labute approximate surface area is 202 Å². The lowest BCUT2D eigenvalue weighted by Gasteiger charge is -2.36. The molecule has 176 valence electrons. The van der Waals surface area contributed by atoms with Gasteiger partial charge in [0.05, 0.1) is 0 Å². The predicted molar refractivity (Wildman–Crippen MR) is 136 cm³/mol. The minimum Gasteiger partial charge on any atom is -0.444 e. The summed E-state index contributed by atoms with van der Waals surface area (Å²) >= 11 is 3.20. The molecule has 3 aromatic rings. The molecule has 0 saturated carbocycles. The lowest BCUT2D eigenvalue weighted by atomic mass is 10.2. The summed E-state index contributed by atoms with van der Waals surface area (Å²) in [5, 5.41) is 4.93. The number of hydrogen-bond acceptors (Lipinski definition) is 9. The Bertz CT molecular complexity index is 1090. The van der Waals surface area contributed by atoms with Crippen molar-refractivity contribution in [3.63, 3.8) is 0 Å². The number of thioether (sulfide) groups is 1. The highest BCUT2D eigenvalue weighted by atomic mass is 32.2. The number of hydrogen-bond donors (Lipinski definition) is 1. The van der Waals surface area contributed by atoms with Crippen molar-refractivity contribution in [2.45, 2.75) is 44.9 Å². The Morgan fingerprint density at radius 3 is 2.52 bits per heavy atom. The number of fused-ring (bicyclic) bond motifs is 1. The topological polar surface area (TPSA) is 83.5 Å². The van der Waals surface area contributed by atoms with Crippen molar-refractivity contribution in [3.8, 4) is 0 Å². The number of rotatable bonds is 6. The first-order chi connectivity index (χ1) is 15.8. The Morgan fingerprint density at radius 2 is 1.85 bits per heavy atom. The van der Waals surface area contributed by atoms with Gasteiger partial charge in [-0.2, -0.15) is 0 Å². The van der Waals surface area contributed by atoms with Crippen molar-refractivity contribution in [2.75, 3.05) is 42.1 Å². The maximum Gasteiger partial charge on any atom is 0.410 e. The van der Waals surface area contributed by atoms with Crippen LogP contribution in [0.15, 0.2) is 35.5 Å². The normalized spacial score (nSPS) is 14.5. The summed E-state index contributed by atoms with van der Waals surface area (Å²) in [4.78, 5) is 31.8. The fraction of sp³-hybridized carbons (Fsp3) is 0.478. The molecule has 0 bridgehead atoms. The van der Waals surface area contributed by atoms with E-state index < -0.39 is 5.60 Å². The third-order valence-electron chi connectivity index (χ3n) is 4.91. The van der Waals surface area contributed by atoms with Gasteiger partial charge in [-0.05, 0) is 39.3 Å². The molecule has 0 atom stereocenters. The van der Waals surface area contributed by atoms with Gasteiger partial charge >= 0.3 is 6.09 Å². The van der Waals surface area contributed by atoms with Crippen LogP contribution in [0.25, 0.3) is 10.3 Å². The Kier molecular flexibility index (Phi) is 7.23. The summed E-state index contributed by atoms with van der Waals surface area (Å²) in [6.45, 7) is 10.3. The summed E-state index contributed by atoms with van der Waals surface area (Å²) in [7, 11) is 0. The monoisotopic (exact) mass is 486 g/mol. The molecule has 1 saturated heterocycles. The minimum atomic E-state index is -0.499. The number of nitrogens with zero attached hydrogens (tertiary/aromatic N) is 5. The molecular formula is C23H30N6O2S2. The predicted octanol–water partition coefficient (Wildman–Crippen LogP) is 5.39. The van der Waals surface area contributed by atoms with Crippen LogP contribution < -0.4 is 10.2 Å². The highest BCUT2D eigenvalue weighted by Gasteiger charge is 2.28. The molecule has 33 heavy (non-hydrogen) atoms. The van der Waals surface area contributed by atoms with Crippen LogP contribution >= 0.6 is 23.1 Å². The van der Waals surface area contributed by atoms with E-state index >= 15 is 0 Å². The largest absolute Gasteiger partial charge is 0.444 e. The van der Waals surface area contributed by atoms with Gasteiger partial charge < -0.3 is 19.9 Å². The molecule has 3 heterocycles. The smallest absolute Gasteiger partial charge is 0.410 e. The number of ether oxygens (including phenoxy) is 1. The second-order valence-corrected chi connectivity index (χ2v) is 10.8. The average molecular weight is 487 g/mol. The molecule has 1 aliphatic heterocycles. The van der Waals surface area contributed by atoms with Crippen LogP contribution in [0.1, 0.15) is 34.1 Å². The fourth-order valence-electron chi connectivity index (χ4n) is 3.39. The number of carbonyl (C=O) groups is 1. The molecule has 0 spiro atoms. The molecule has 10 heteroatoms.